The van der Waals surface area contributed by atoms with Gasteiger partial charge in [0, 0.05) is 19.0 Å². The molecule has 6 heteroatoms. The molecule has 1 atom stereocenters. The van der Waals surface area contributed by atoms with Crippen LogP contribution < -0.4 is 5.14 Å². The lowest BCUT2D eigenvalue weighted by Crippen LogP contribution is -2.48. The molecule has 1 unspecified atom stereocenters. The van der Waals surface area contributed by atoms with Gasteiger partial charge in [0.1, 0.15) is 0 Å². The summed E-state index contributed by atoms with van der Waals surface area (Å²) in [4.78, 5) is 13.9. The minimum absolute atomic E-state index is 0.120. The van der Waals surface area contributed by atoms with Crippen molar-refractivity contribution in [1.29, 1.82) is 0 Å². The number of carbonyl (C=O) groups is 1. The molecule has 0 aromatic rings. The molecule has 2 rings (SSSR count). The van der Waals surface area contributed by atoms with E-state index >= 15 is 0 Å². The van der Waals surface area contributed by atoms with Gasteiger partial charge in [0.2, 0.25) is 15.9 Å². The molecule has 1 saturated heterocycles. The summed E-state index contributed by atoms with van der Waals surface area (Å²) in [6.45, 7) is 0.968. The van der Waals surface area contributed by atoms with Gasteiger partial charge in [0.25, 0.3) is 0 Å². The van der Waals surface area contributed by atoms with E-state index in [1.54, 1.807) is 4.90 Å². The summed E-state index contributed by atoms with van der Waals surface area (Å²) in [7, 11) is -3.51. The number of piperidine rings is 1. The quantitative estimate of drug-likeness (QED) is 0.783. The maximum atomic E-state index is 12.2. The number of hydrogen-bond acceptors (Lipinski definition) is 3. The van der Waals surface area contributed by atoms with Crippen LogP contribution in [0.5, 0.6) is 0 Å². The maximum absolute atomic E-state index is 12.2. The smallest absolute Gasteiger partial charge is 0.225 e. The van der Waals surface area contributed by atoms with Gasteiger partial charge in [-0.2, -0.15) is 0 Å². The molecule has 1 saturated carbocycles. The van der Waals surface area contributed by atoms with Gasteiger partial charge >= 0.3 is 0 Å². The van der Waals surface area contributed by atoms with Crippen molar-refractivity contribution in [1.82, 2.24) is 4.90 Å². The summed E-state index contributed by atoms with van der Waals surface area (Å²) in [5, 5.41) is 4.59. The largest absolute Gasteiger partial charge is 0.341 e. The van der Waals surface area contributed by atoms with Gasteiger partial charge in [-0.05, 0) is 25.7 Å². The van der Waals surface area contributed by atoms with Crippen LogP contribution in [0.15, 0.2) is 0 Å². The fourth-order valence-corrected chi connectivity index (χ4v) is 3.72. The predicted molar refractivity (Wildman–Crippen MR) is 64.7 cm³/mol. The van der Waals surface area contributed by atoms with Crippen LogP contribution in [-0.2, 0) is 14.8 Å². The highest BCUT2D eigenvalue weighted by atomic mass is 32.2. The van der Waals surface area contributed by atoms with E-state index in [-0.39, 0.29) is 18.4 Å². The van der Waals surface area contributed by atoms with Crippen molar-refractivity contribution < 1.29 is 13.2 Å². The van der Waals surface area contributed by atoms with Crippen molar-refractivity contribution in [2.24, 2.45) is 11.1 Å². The summed E-state index contributed by atoms with van der Waals surface area (Å²) in [5.41, 5.74) is 0. The summed E-state index contributed by atoms with van der Waals surface area (Å²) < 4.78 is 22.6. The molecule has 2 aliphatic rings. The number of hydrogen-bond donors (Lipinski definition) is 1. The van der Waals surface area contributed by atoms with Crippen LogP contribution in [0.1, 0.15) is 38.5 Å². The van der Waals surface area contributed by atoms with E-state index in [2.05, 4.69) is 0 Å². The molecule has 1 aliphatic carbocycles. The van der Waals surface area contributed by atoms with E-state index in [9.17, 15) is 13.2 Å². The molecule has 2 fully saturated rings. The number of sulfonamides is 1. The molecule has 0 spiro atoms. The number of likely N-dealkylation sites (tertiary alicyclic amines) is 1. The van der Waals surface area contributed by atoms with Crippen molar-refractivity contribution >= 4 is 15.9 Å². The molecule has 0 aromatic heterocycles. The highest BCUT2D eigenvalue weighted by Crippen LogP contribution is 2.28. The van der Waals surface area contributed by atoms with Gasteiger partial charge in [0.15, 0.2) is 0 Å². The fourth-order valence-electron chi connectivity index (χ4n) is 2.84. The first-order valence-electron chi connectivity index (χ1n) is 6.29. The molecule has 0 bridgehead atoms. The summed E-state index contributed by atoms with van der Waals surface area (Å²) in [6.07, 6.45) is 5.45. The highest BCUT2D eigenvalue weighted by Gasteiger charge is 2.34. The SMILES string of the molecule is NS(=O)(=O)C1CCCN(C(=O)C2CCCC2)C1. The number of rotatable bonds is 2. The third kappa shape index (κ3) is 2.98. The monoisotopic (exact) mass is 260 g/mol. The molecule has 2 N–H and O–H groups in total. The Morgan fingerprint density at radius 3 is 2.35 bits per heavy atom. The molecule has 0 aromatic carbocycles. The number of primary sulfonamides is 1. The van der Waals surface area contributed by atoms with Crippen molar-refractivity contribution in [2.75, 3.05) is 13.1 Å². The zero-order chi connectivity index (χ0) is 12.5. The zero-order valence-corrected chi connectivity index (χ0v) is 10.8. The van der Waals surface area contributed by atoms with Gasteiger partial charge < -0.3 is 4.90 Å². The lowest BCUT2D eigenvalue weighted by Gasteiger charge is -2.33. The van der Waals surface area contributed by atoms with Gasteiger partial charge in [-0.1, -0.05) is 12.8 Å². The second kappa shape index (κ2) is 4.94. The van der Waals surface area contributed by atoms with Crippen LogP contribution in [0, 0.1) is 5.92 Å². The van der Waals surface area contributed by atoms with Gasteiger partial charge in [-0.25, -0.2) is 13.6 Å². The second-order valence-electron chi connectivity index (χ2n) is 5.12. The number of amides is 1. The topological polar surface area (TPSA) is 80.5 Å². The Hall–Kier alpha value is -0.620. The van der Waals surface area contributed by atoms with E-state index < -0.39 is 15.3 Å². The average Bonchev–Trinajstić information content (AvgIpc) is 2.80. The Morgan fingerprint density at radius 2 is 1.76 bits per heavy atom. The van der Waals surface area contributed by atoms with Crippen molar-refractivity contribution in [3.8, 4) is 0 Å². The second-order valence-corrected chi connectivity index (χ2v) is 6.96. The molecular formula is C11H20N2O3S. The summed E-state index contributed by atoms with van der Waals surface area (Å²) in [6, 6.07) is 0. The summed E-state index contributed by atoms with van der Waals surface area (Å²) >= 11 is 0. The Kier molecular flexibility index (Phi) is 3.73. The van der Waals surface area contributed by atoms with E-state index in [0.717, 1.165) is 32.1 Å². The molecule has 5 nitrogen and oxygen atoms in total. The van der Waals surface area contributed by atoms with Crippen molar-refractivity contribution in [3.05, 3.63) is 0 Å². The Balaban J connectivity index is 1.99. The molecule has 0 radical (unpaired) electrons. The maximum Gasteiger partial charge on any atom is 0.225 e. The third-order valence-corrected chi connectivity index (χ3v) is 5.17. The number of nitrogens with two attached hydrogens (primary N) is 1. The van der Waals surface area contributed by atoms with Gasteiger partial charge in [-0.3, -0.25) is 4.79 Å². The lowest BCUT2D eigenvalue weighted by atomic mass is 10.0. The van der Waals surface area contributed by atoms with Crippen molar-refractivity contribution in [3.63, 3.8) is 0 Å². The summed E-state index contributed by atoms with van der Waals surface area (Å²) in [5.74, 6) is 0.255. The molecule has 98 valence electrons. The minimum Gasteiger partial charge on any atom is -0.341 e. The predicted octanol–water partition coefficient (Wildman–Crippen LogP) is 0.456. The standard InChI is InChI=1S/C11H20N2O3S/c12-17(15,16)10-6-3-7-13(8-10)11(14)9-4-1-2-5-9/h9-10H,1-8H2,(H2,12,15,16). The normalized spacial score (nSPS) is 27.4. The first kappa shape index (κ1) is 12.8. The van der Waals surface area contributed by atoms with Crippen LogP contribution in [-0.4, -0.2) is 37.6 Å². The molecule has 1 amide bonds. The molecule has 1 aliphatic heterocycles. The zero-order valence-electron chi connectivity index (χ0n) is 9.97. The van der Waals surface area contributed by atoms with E-state index in [4.69, 9.17) is 5.14 Å². The van der Waals surface area contributed by atoms with Crippen LogP contribution in [0.2, 0.25) is 0 Å². The van der Waals surface area contributed by atoms with Gasteiger partial charge in [-0.15, -0.1) is 0 Å². The first-order chi connectivity index (χ1) is 7.98. The fraction of sp³-hybridized carbons (Fsp3) is 0.909. The molecule has 17 heavy (non-hydrogen) atoms. The number of carbonyl (C=O) groups excluding carboxylic acids is 1. The minimum atomic E-state index is -3.51. The lowest BCUT2D eigenvalue weighted by molar-refractivity contribution is -0.136. The van der Waals surface area contributed by atoms with Gasteiger partial charge in [0.05, 0.1) is 5.25 Å². The van der Waals surface area contributed by atoms with Crippen LogP contribution in [0.4, 0.5) is 0 Å². The van der Waals surface area contributed by atoms with Crippen LogP contribution in [0.3, 0.4) is 0 Å². The Labute approximate surface area is 102 Å². The Morgan fingerprint density at radius 1 is 1.12 bits per heavy atom. The first-order valence-corrected chi connectivity index (χ1v) is 7.90. The number of nitrogens with zero attached hydrogens (tertiary/aromatic N) is 1. The van der Waals surface area contributed by atoms with Crippen LogP contribution in [0.25, 0.3) is 0 Å². The van der Waals surface area contributed by atoms with E-state index in [1.807, 2.05) is 0 Å². The average molecular weight is 260 g/mol. The Bertz CT molecular complexity index is 388. The highest BCUT2D eigenvalue weighted by molar-refractivity contribution is 7.89. The van der Waals surface area contributed by atoms with E-state index in [1.165, 1.54) is 0 Å². The van der Waals surface area contributed by atoms with E-state index in [0.29, 0.717) is 13.0 Å². The van der Waals surface area contributed by atoms with Crippen LogP contribution >= 0.6 is 0 Å². The van der Waals surface area contributed by atoms with Crippen molar-refractivity contribution in [2.45, 2.75) is 43.8 Å². The molecular weight excluding hydrogens is 240 g/mol. The third-order valence-electron chi connectivity index (χ3n) is 3.86. The molecule has 1 heterocycles.